The van der Waals surface area contributed by atoms with Crippen LogP contribution in [0.2, 0.25) is 0 Å². The van der Waals surface area contributed by atoms with E-state index < -0.39 is 6.10 Å². The van der Waals surface area contributed by atoms with Gasteiger partial charge in [0.15, 0.2) is 0 Å². The van der Waals surface area contributed by atoms with E-state index in [-0.39, 0.29) is 19.8 Å². The minimum absolute atomic E-state index is 0.201. The molecule has 21 heavy (non-hydrogen) atoms. The van der Waals surface area contributed by atoms with Crippen LogP contribution in [0.4, 0.5) is 0 Å². The molecule has 0 aromatic heterocycles. The number of hydrogen-bond donors (Lipinski definition) is 2. The molecule has 2 N–H and O–H groups in total. The third kappa shape index (κ3) is 8.49. The highest BCUT2D eigenvalue weighted by Crippen LogP contribution is 2.07. The van der Waals surface area contributed by atoms with Crippen molar-refractivity contribution >= 4 is 0 Å². The number of aliphatic hydroxyl groups is 2. The Labute approximate surface area is 127 Å². The molecule has 1 rings (SSSR count). The number of benzene rings is 1. The number of unbranched alkanes of at least 4 members (excludes halogenated alkanes) is 1. The Morgan fingerprint density at radius 1 is 1.24 bits per heavy atom. The molecule has 0 spiro atoms. The fourth-order valence-electron chi connectivity index (χ4n) is 2.13. The van der Waals surface area contributed by atoms with Crippen LogP contribution < -0.4 is 0 Å². The molecule has 1 aromatic rings. The van der Waals surface area contributed by atoms with Gasteiger partial charge in [-0.15, -0.1) is 6.42 Å². The van der Waals surface area contributed by atoms with Gasteiger partial charge < -0.3 is 14.9 Å². The van der Waals surface area contributed by atoms with Gasteiger partial charge in [0.05, 0.1) is 12.7 Å². The van der Waals surface area contributed by atoms with Gasteiger partial charge in [-0.1, -0.05) is 36.3 Å². The molecule has 0 radical (unpaired) electrons. The Bertz CT molecular complexity index is 402. The van der Waals surface area contributed by atoms with Gasteiger partial charge in [-0.25, -0.2) is 0 Å². The first-order valence-corrected chi connectivity index (χ1v) is 7.32. The van der Waals surface area contributed by atoms with E-state index in [1.165, 1.54) is 5.56 Å². The molecule has 1 atom stereocenters. The van der Waals surface area contributed by atoms with Crippen LogP contribution in [-0.4, -0.2) is 54.1 Å². The van der Waals surface area contributed by atoms with Crippen molar-refractivity contribution in [1.82, 2.24) is 4.90 Å². The maximum absolute atomic E-state index is 10.00. The van der Waals surface area contributed by atoms with Gasteiger partial charge in [-0.2, -0.15) is 0 Å². The molecule has 0 saturated heterocycles. The zero-order valence-corrected chi connectivity index (χ0v) is 12.4. The van der Waals surface area contributed by atoms with Crippen LogP contribution in [0.3, 0.4) is 0 Å². The van der Waals surface area contributed by atoms with Crippen LogP contribution in [-0.2, 0) is 11.3 Å². The van der Waals surface area contributed by atoms with E-state index in [0.29, 0.717) is 6.54 Å². The molecule has 0 heterocycles. The molecule has 0 aliphatic carbocycles. The summed E-state index contributed by atoms with van der Waals surface area (Å²) in [6, 6.07) is 10.1. The van der Waals surface area contributed by atoms with Crippen molar-refractivity contribution in [3.63, 3.8) is 0 Å². The summed E-state index contributed by atoms with van der Waals surface area (Å²) in [4.78, 5) is 2.18. The second-order valence-corrected chi connectivity index (χ2v) is 5.02. The summed E-state index contributed by atoms with van der Waals surface area (Å²) < 4.78 is 5.17. The fraction of sp³-hybridized carbons (Fsp3) is 0.529. The summed E-state index contributed by atoms with van der Waals surface area (Å²) in [6.45, 7) is 2.81. The summed E-state index contributed by atoms with van der Waals surface area (Å²) in [5.41, 5.74) is 1.21. The third-order valence-electron chi connectivity index (χ3n) is 3.10. The van der Waals surface area contributed by atoms with Gasteiger partial charge in [0.25, 0.3) is 0 Å². The van der Waals surface area contributed by atoms with Gasteiger partial charge in [0.1, 0.15) is 6.61 Å². The SMILES string of the molecule is C#CCOCC(O)CN(CCCCO)Cc1ccccc1. The Morgan fingerprint density at radius 2 is 2.00 bits per heavy atom. The lowest BCUT2D eigenvalue weighted by atomic mass is 10.2. The summed E-state index contributed by atoms with van der Waals surface area (Å²) in [5, 5.41) is 18.9. The molecule has 1 unspecified atom stereocenters. The molecular weight excluding hydrogens is 266 g/mol. The van der Waals surface area contributed by atoms with E-state index in [4.69, 9.17) is 16.3 Å². The highest BCUT2D eigenvalue weighted by Gasteiger charge is 2.12. The molecule has 4 nitrogen and oxygen atoms in total. The largest absolute Gasteiger partial charge is 0.396 e. The first kappa shape index (κ1) is 17.7. The number of aliphatic hydroxyl groups excluding tert-OH is 2. The third-order valence-corrected chi connectivity index (χ3v) is 3.10. The first-order chi connectivity index (χ1) is 10.3. The van der Waals surface area contributed by atoms with Crippen molar-refractivity contribution in [2.24, 2.45) is 0 Å². The molecule has 116 valence electrons. The standard InChI is InChI=1S/C17H25NO3/c1-2-12-21-15-17(20)14-18(10-6-7-11-19)13-16-8-4-3-5-9-16/h1,3-5,8-9,17,19-20H,6-7,10-15H2. The van der Waals surface area contributed by atoms with E-state index in [1.807, 2.05) is 18.2 Å². The Kier molecular flexibility index (Phi) is 9.51. The number of rotatable bonds is 11. The number of terminal acetylenes is 1. The second-order valence-electron chi connectivity index (χ2n) is 5.02. The number of nitrogens with zero attached hydrogens (tertiary/aromatic N) is 1. The summed E-state index contributed by atoms with van der Waals surface area (Å²) in [7, 11) is 0. The fourth-order valence-corrected chi connectivity index (χ4v) is 2.13. The minimum atomic E-state index is -0.559. The number of ether oxygens (including phenoxy) is 1. The minimum Gasteiger partial charge on any atom is -0.396 e. The smallest absolute Gasteiger partial charge is 0.107 e. The Balaban J connectivity index is 2.45. The lowest BCUT2D eigenvalue weighted by Gasteiger charge is -2.25. The average Bonchev–Trinajstić information content (AvgIpc) is 2.48. The molecule has 0 aliphatic heterocycles. The normalized spacial score (nSPS) is 12.3. The van der Waals surface area contributed by atoms with Crippen LogP contribution in [0.1, 0.15) is 18.4 Å². The van der Waals surface area contributed by atoms with Gasteiger partial charge in [0, 0.05) is 19.7 Å². The first-order valence-electron chi connectivity index (χ1n) is 7.32. The molecule has 0 aliphatic rings. The monoisotopic (exact) mass is 291 g/mol. The molecule has 0 fully saturated rings. The molecule has 4 heteroatoms. The van der Waals surface area contributed by atoms with Crippen LogP contribution in [0, 0.1) is 12.3 Å². The predicted molar refractivity (Wildman–Crippen MR) is 83.7 cm³/mol. The Hall–Kier alpha value is -1.38. The van der Waals surface area contributed by atoms with E-state index in [9.17, 15) is 5.11 Å². The predicted octanol–water partition coefficient (Wildman–Crippen LogP) is 1.27. The average molecular weight is 291 g/mol. The molecule has 0 saturated carbocycles. The topological polar surface area (TPSA) is 52.9 Å². The zero-order chi connectivity index (χ0) is 15.3. The summed E-state index contributed by atoms with van der Waals surface area (Å²) in [5.74, 6) is 2.38. The maximum atomic E-state index is 10.00. The number of hydrogen-bond acceptors (Lipinski definition) is 4. The van der Waals surface area contributed by atoms with E-state index in [2.05, 4.69) is 23.0 Å². The second kappa shape index (κ2) is 11.3. The Morgan fingerprint density at radius 3 is 2.67 bits per heavy atom. The zero-order valence-electron chi connectivity index (χ0n) is 12.4. The molecular formula is C17H25NO3. The van der Waals surface area contributed by atoms with Gasteiger partial charge in [0.2, 0.25) is 0 Å². The van der Waals surface area contributed by atoms with E-state index in [0.717, 1.165) is 25.9 Å². The van der Waals surface area contributed by atoms with E-state index >= 15 is 0 Å². The highest BCUT2D eigenvalue weighted by atomic mass is 16.5. The van der Waals surface area contributed by atoms with E-state index in [1.54, 1.807) is 0 Å². The van der Waals surface area contributed by atoms with Crippen molar-refractivity contribution in [1.29, 1.82) is 0 Å². The highest BCUT2D eigenvalue weighted by molar-refractivity contribution is 5.14. The van der Waals surface area contributed by atoms with Crippen molar-refractivity contribution in [2.75, 3.05) is 32.9 Å². The van der Waals surface area contributed by atoms with Crippen LogP contribution in [0.15, 0.2) is 30.3 Å². The van der Waals surface area contributed by atoms with Crippen LogP contribution in [0.25, 0.3) is 0 Å². The quantitative estimate of drug-likeness (QED) is 0.476. The van der Waals surface area contributed by atoms with Crippen LogP contribution in [0.5, 0.6) is 0 Å². The lowest BCUT2D eigenvalue weighted by molar-refractivity contribution is 0.0255. The van der Waals surface area contributed by atoms with Crippen molar-refractivity contribution in [3.8, 4) is 12.3 Å². The van der Waals surface area contributed by atoms with Crippen LogP contribution >= 0.6 is 0 Å². The van der Waals surface area contributed by atoms with Crippen molar-refractivity contribution in [3.05, 3.63) is 35.9 Å². The lowest BCUT2D eigenvalue weighted by Crippen LogP contribution is -2.35. The molecule has 0 amide bonds. The van der Waals surface area contributed by atoms with Gasteiger partial charge in [-0.3, -0.25) is 4.90 Å². The molecule has 1 aromatic carbocycles. The van der Waals surface area contributed by atoms with Crippen molar-refractivity contribution < 1.29 is 14.9 Å². The summed E-state index contributed by atoms with van der Waals surface area (Å²) >= 11 is 0. The molecule has 0 bridgehead atoms. The summed E-state index contributed by atoms with van der Waals surface area (Å²) in [6.07, 6.45) is 6.23. The van der Waals surface area contributed by atoms with Gasteiger partial charge >= 0.3 is 0 Å². The maximum Gasteiger partial charge on any atom is 0.107 e. The van der Waals surface area contributed by atoms with Gasteiger partial charge in [-0.05, 0) is 24.9 Å². The van der Waals surface area contributed by atoms with Crippen molar-refractivity contribution in [2.45, 2.75) is 25.5 Å².